The zero-order valence-corrected chi connectivity index (χ0v) is 13.4. The lowest BCUT2D eigenvalue weighted by molar-refractivity contribution is -0.136. The molecule has 1 unspecified atom stereocenters. The highest BCUT2D eigenvalue weighted by atomic mass is 16.2. The maximum Gasteiger partial charge on any atom is 0.234 e. The summed E-state index contributed by atoms with van der Waals surface area (Å²) in [6, 6.07) is 0. The molecule has 2 heteroatoms. The van der Waals surface area contributed by atoms with Crippen LogP contribution in [-0.2, 0) is 4.79 Å². The van der Waals surface area contributed by atoms with Crippen molar-refractivity contribution in [3.05, 3.63) is 36.0 Å². The van der Waals surface area contributed by atoms with Crippen LogP contribution in [0.25, 0.3) is 0 Å². The first-order valence-electron chi connectivity index (χ1n) is 7.54. The Labute approximate surface area is 123 Å². The lowest BCUT2D eigenvalue weighted by atomic mass is 9.86. The molecule has 2 nitrogen and oxygen atoms in total. The van der Waals surface area contributed by atoms with Crippen molar-refractivity contribution in [2.75, 3.05) is 6.54 Å². The summed E-state index contributed by atoms with van der Waals surface area (Å²) in [5, 5.41) is 0. The molecule has 0 aromatic heterocycles. The number of carbonyl (C=O) groups is 1. The van der Waals surface area contributed by atoms with Gasteiger partial charge in [-0.05, 0) is 39.0 Å². The summed E-state index contributed by atoms with van der Waals surface area (Å²) in [5.74, 6) is 0.147. The molecule has 2 rings (SSSR count). The standard InChI is InChI=1S/C18H27NO/c1-14-10-8-6-7-9-11-15(14)16(20)19-13-17(2,3)12-18(19,4)5/h6-7,9-11,15H,8,12-13H2,1-5H3/b7-6-,11-9-,14-10?. The van der Waals surface area contributed by atoms with Gasteiger partial charge < -0.3 is 4.90 Å². The van der Waals surface area contributed by atoms with Crippen LogP contribution in [0.4, 0.5) is 0 Å². The molecule has 1 saturated heterocycles. The first kappa shape index (κ1) is 15.1. The van der Waals surface area contributed by atoms with Crippen LogP contribution in [0.5, 0.6) is 0 Å². The summed E-state index contributed by atoms with van der Waals surface area (Å²) >= 11 is 0. The van der Waals surface area contributed by atoms with E-state index in [2.05, 4.69) is 51.7 Å². The van der Waals surface area contributed by atoms with Crippen LogP contribution in [0.2, 0.25) is 0 Å². The van der Waals surface area contributed by atoms with E-state index in [9.17, 15) is 4.79 Å². The fraction of sp³-hybridized carbons (Fsp3) is 0.611. The minimum Gasteiger partial charge on any atom is -0.336 e. The molecule has 0 saturated carbocycles. The molecule has 1 atom stereocenters. The van der Waals surface area contributed by atoms with Gasteiger partial charge in [-0.3, -0.25) is 4.79 Å². The van der Waals surface area contributed by atoms with Gasteiger partial charge in [0.2, 0.25) is 5.91 Å². The van der Waals surface area contributed by atoms with Crippen molar-refractivity contribution in [3.63, 3.8) is 0 Å². The minimum atomic E-state index is -0.104. The second-order valence-electron chi connectivity index (χ2n) is 7.55. The Balaban J connectivity index is 2.26. The molecule has 20 heavy (non-hydrogen) atoms. The third kappa shape index (κ3) is 3.05. The van der Waals surface area contributed by atoms with Crippen molar-refractivity contribution >= 4 is 5.91 Å². The molecule has 1 aliphatic heterocycles. The number of likely N-dealkylation sites (tertiary alicyclic amines) is 1. The highest BCUT2D eigenvalue weighted by Gasteiger charge is 2.46. The Kier molecular flexibility index (Phi) is 3.95. The zero-order chi connectivity index (χ0) is 15.0. The Morgan fingerprint density at radius 3 is 2.55 bits per heavy atom. The molecular weight excluding hydrogens is 246 g/mol. The predicted molar refractivity (Wildman–Crippen MR) is 84.3 cm³/mol. The lowest BCUT2D eigenvalue weighted by Gasteiger charge is -2.34. The fourth-order valence-corrected chi connectivity index (χ4v) is 3.65. The molecule has 1 heterocycles. The molecule has 0 N–H and O–H groups in total. The Hall–Kier alpha value is -1.31. The van der Waals surface area contributed by atoms with E-state index in [1.54, 1.807) is 0 Å². The number of amides is 1. The van der Waals surface area contributed by atoms with Crippen molar-refractivity contribution in [1.82, 2.24) is 4.90 Å². The highest BCUT2D eigenvalue weighted by molar-refractivity contribution is 5.84. The lowest BCUT2D eigenvalue weighted by Crippen LogP contribution is -2.45. The molecule has 2 aliphatic rings. The summed E-state index contributed by atoms with van der Waals surface area (Å²) in [6.45, 7) is 11.8. The van der Waals surface area contributed by atoms with Crippen LogP contribution < -0.4 is 0 Å². The molecule has 0 spiro atoms. The van der Waals surface area contributed by atoms with E-state index in [1.165, 1.54) is 0 Å². The fourth-order valence-electron chi connectivity index (χ4n) is 3.65. The summed E-state index contributed by atoms with van der Waals surface area (Å²) in [7, 11) is 0. The Morgan fingerprint density at radius 1 is 1.25 bits per heavy atom. The largest absolute Gasteiger partial charge is 0.336 e. The monoisotopic (exact) mass is 273 g/mol. The first-order chi connectivity index (χ1) is 9.23. The van der Waals surface area contributed by atoms with Crippen molar-refractivity contribution < 1.29 is 4.79 Å². The van der Waals surface area contributed by atoms with Gasteiger partial charge in [-0.15, -0.1) is 0 Å². The maximum atomic E-state index is 13.0. The third-order valence-corrected chi connectivity index (χ3v) is 4.38. The van der Waals surface area contributed by atoms with E-state index >= 15 is 0 Å². The van der Waals surface area contributed by atoms with Gasteiger partial charge in [0, 0.05) is 12.1 Å². The predicted octanol–water partition coefficient (Wildman–Crippen LogP) is 4.10. The minimum absolute atomic E-state index is 0.0487. The van der Waals surface area contributed by atoms with Crippen LogP contribution in [0.1, 0.15) is 47.5 Å². The van der Waals surface area contributed by atoms with E-state index in [0.29, 0.717) is 0 Å². The Bertz CT molecular complexity index is 480. The van der Waals surface area contributed by atoms with E-state index in [1.807, 2.05) is 18.2 Å². The number of allylic oxidation sites excluding steroid dienone is 4. The SMILES string of the molecule is CC1=CC/C=C\C=C/C1C(=O)N1CC(C)(C)CC1(C)C. The van der Waals surface area contributed by atoms with Gasteiger partial charge >= 0.3 is 0 Å². The van der Waals surface area contributed by atoms with E-state index in [0.717, 1.165) is 25.0 Å². The van der Waals surface area contributed by atoms with Gasteiger partial charge in [0.15, 0.2) is 0 Å². The summed E-state index contributed by atoms with van der Waals surface area (Å²) in [4.78, 5) is 15.1. The molecular formula is C18H27NO. The molecule has 0 radical (unpaired) electrons. The molecule has 1 fully saturated rings. The van der Waals surface area contributed by atoms with Crippen LogP contribution in [0, 0.1) is 11.3 Å². The van der Waals surface area contributed by atoms with Crippen LogP contribution in [-0.4, -0.2) is 22.9 Å². The van der Waals surface area contributed by atoms with E-state index in [-0.39, 0.29) is 22.8 Å². The maximum absolute atomic E-state index is 13.0. The van der Waals surface area contributed by atoms with Gasteiger partial charge in [-0.1, -0.05) is 49.8 Å². The molecule has 110 valence electrons. The van der Waals surface area contributed by atoms with Gasteiger partial charge in [0.25, 0.3) is 0 Å². The second-order valence-corrected chi connectivity index (χ2v) is 7.55. The highest BCUT2D eigenvalue weighted by Crippen LogP contribution is 2.42. The van der Waals surface area contributed by atoms with E-state index in [4.69, 9.17) is 0 Å². The van der Waals surface area contributed by atoms with Gasteiger partial charge in [0.05, 0.1) is 5.92 Å². The van der Waals surface area contributed by atoms with Crippen molar-refractivity contribution in [1.29, 1.82) is 0 Å². The van der Waals surface area contributed by atoms with Crippen molar-refractivity contribution in [2.45, 2.75) is 53.0 Å². The number of nitrogens with zero attached hydrogens (tertiary/aromatic N) is 1. The molecule has 1 amide bonds. The number of hydrogen-bond donors (Lipinski definition) is 0. The smallest absolute Gasteiger partial charge is 0.234 e. The van der Waals surface area contributed by atoms with Crippen LogP contribution in [0.15, 0.2) is 36.0 Å². The first-order valence-corrected chi connectivity index (χ1v) is 7.54. The van der Waals surface area contributed by atoms with Gasteiger partial charge in [0.1, 0.15) is 0 Å². The molecule has 1 aliphatic carbocycles. The Morgan fingerprint density at radius 2 is 1.95 bits per heavy atom. The zero-order valence-electron chi connectivity index (χ0n) is 13.4. The van der Waals surface area contributed by atoms with Crippen LogP contribution >= 0.6 is 0 Å². The molecule has 0 bridgehead atoms. The normalized spacial score (nSPS) is 31.1. The summed E-state index contributed by atoms with van der Waals surface area (Å²) in [6.07, 6.45) is 12.3. The number of rotatable bonds is 1. The number of hydrogen-bond acceptors (Lipinski definition) is 1. The average molecular weight is 273 g/mol. The number of carbonyl (C=O) groups excluding carboxylic acids is 1. The van der Waals surface area contributed by atoms with Crippen LogP contribution in [0.3, 0.4) is 0 Å². The molecule has 0 aromatic rings. The van der Waals surface area contributed by atoms with Gasteiger partial charge in [-0.2, -0.15) is 0 Å². The van der Waals surface area contributed by atoms with Gasteiger partial charge in [-0.25, -0.2) is 0 Å². The summed E-state index contributed by atoms with van der Waals surface area (Å²) in [5.41, 5.74) is 1.32. The van der Waals surface area contributed by atoms with Crippen molar-refractivity contribution in [3.8, 4) is 0 Å². The van der Waals surface area contributed by atoms with E-state index < -0.39 is 0 Å². The quantitative estimate of drug-likeness (QED) is 0.659. The molecule has 0 aromatic carbocycles. The third-order valence-electron chi connectivity index (χ3n) is 4.38. The second kappa shape index (κ2) is 5.23. The summed E-state index contributed by atoms with van der Waals surface area (Å²) < 4.78 is 0. The topological polar surface area (TPSA) is 20.3 Å². The van der Waals surface area contributed by atoms with Crippen molar-refractivity contribution in [2.24, 2.45) is 11.3 Å². The average Bonchev–Trinajstić information content (AvgIpc) is 2.52.